The van der Waals surface area contributed by atoms with Crippen molar-refractivity contribution in [3.8, 4) is 0 Å². The maximum Gasteiger partial charge on any atom is 0.306 e. The van der Waals surface area contributed by atoms with Crippen LogP contribution in [0.5, 0.6) is 0 Å². The Balaban J connectivity index is 4.16. The first kappa shape index (κ1) is 35.4. The number of hydrogen-bond acceptors (Lipinski definition) is 3. The third-order valence-electron chi connectivity index (χ3n) is 6.91. The van der Waals surface area contributed by atoms with Crippen molar-refractivity contribution < 1.29 is 19.4 Å². The summed E-state index contributed by atoms with van der Waals surface area (Å²) >= 11 is 0. The lowest BCUT2D eigenvalue weighted by Crippen LogP contribution is -2.16. The van der Waals surface area contributed by atoms with Gasteiger partial charge in [-0.1, -0.05) is 128 Å². The summed E-state index contributed by atoms with van der Waals surface area (Å²) < 4.78 is 5.82. The third kappa shape index (κ3) is 28.8. The molecular formula is C33H60O4. The van der Waals surface area contributed by atoms with Crippen LogP contribution in [-0.2, 0) is 14.3 Å². The first-order valence-corrected chi connectivity index (χ1v) is 15.8. The van der Waals surface area contributed by atoms with E-state index in [1.165, 1.54) is 83.5 Å². The molecule has 0 bridgehead atoms. The SMILES string of the molecule is CCCCCC/C=C\C/C=C\C(CCCCCCC(=O)O)OC(=O)CCCCCCCCCCCCC. The van der Waals surface area contributed by atoms with E-state index in [0.717, 1.165) is 57.8 Å². The molecule has 0 aliphatic carbocycles. The number of carboxylic acids is 1. The third-order valence-corrected chi connectivity index (χ3v) is 6.91. The first-order valence-electron chi connectivity index (χ1n) is 15.8. The van der Waals surface area contributed by atoms with Gasteiger partial charge in [0.2, 0.25) is 0 Å². The van der Waals surface area contributed by atoms with Crippen molar-refractivity contribution in [2.24, 2.45) is 0 Å². The topological polar surface area (TPSA) is 63.6 Å². The average molecular weight is 521 g/mol. The number of carbonyl (C=O) groups is 2. The number of carbonyl (C=O) groups excluding carboxylic acids is 1. The van der Waals surface area contributed by atoms with Crippen LogP contribution in [0.2, 0.25) is 0 Å². The number of allylic oxidation sites excluding steroid dienone is 3. The fraction of sp³-hybridized carbons (Fsp3) is 0.818. The maximum absolute atomic E-state index is 12.4. The molecule has 0 aromatic heterocycles. The van der Waals surface area contributed by atoms with E-state index < -0.39 is 5.97 Å². The van der Waals surface area contributed by atoms with E-state index in [4.69, 9.17) is 9.84 Å². The van der Waals surface area contributed by atoms with Gasteiger partial charge >= 0.3 is 11.9 Å². The molecule has 37 heavy (non-hydrogen) atoms. The highest BCUT2D eigenvalue weighted by atomic mass is 16.5. The number of aliphatic carboxylic acids is 1. The summed E-state index contributed by atoms with van der Waals surface area (Å²) in [5.41, 5.74) is 0. The van der Waals surface area contributed by atoms with Crippen molar-refractivity contribution in [3.05, 3.63) is 24.3 Å². The van der Waals surface area contributed by atoms with E-state index in [2.05, 4.69) is 38.2 Å². The Morgan fingerprint density at radius 3 is 1.73 bits per heavy atom. The summed E-state index contributed by atoms with van der Waals surface area (Å²) in [6, 6.07) is 0. The van der Waals surface area contributed by atoms with Crippen LogP contribution in [-0.4, -0.2) is 23.1 Å². The standard InChI is InChI=1S/C33H60O4/c1-3-5-7-9-11-13-14-16-18-20-26-30-33(36)37-31(28-24-21-22-25-29-32(34)35)27-23-19-17-15-12-10-8-6-4-2/h15,17,23,27,31H,3-14,16,18-22,24-26,28-30H2,1-2H3,(H,34,35)/b17-15-,27-23-. The van der Waals surface area contributed by atoms with Gasteiger partial charge in [0.25, 0.3) is 0 Å². The lowest BCUT2D eigenvalue weighted by molar-refractivity contribution is -0.147. The van der Waals surface area contributed by atoms with Crippen molar-refractivity contribution in [2.75, 3.05) is 0 Å². The lowest BCUT2D eigenvalue weighted by atomic mass is 10.1. The van der Waals surface area contributed by atoms with Gasteiger partial charge in [-0.05, 0) is 51.0 Å². The van der Waals surface area contributed by atoms with Crippen LogP contribution in [0.1, 0.15) is 168 Å². The van der Waals surface area contributed by atoms with Crippen LogP contribution < -0.4 is 0 Å². The van der Waals surface area contributed by atoms with Gasteiger partial charge in [-0.25, -0.2) is 0 Å². The van der Waals surface area contributed by atoms with E-state index in [0.29, 0.717) is 6.42 Å². The predicted molar refractivity (Wildman–Crippen MR) is 158 cm³/mol. The Morgan fingerprint density at radius 2 is 1.14 bits per heavy atom. The fourth-order valence-electron chi connectivity index (χ4n) is 4.54. The zero-order valence-corrected chi connectivity index (χ0v) is 24.5. The molecule has 0 rings (SSSR count). The van der Waals surface area contributed by atoms with Crippen LogP contribution in [0.3, 0.4) is 0 Å². The second-order valence-electron chi connectivity index (χ2n) is 10.6. The van der Waals surface area contributed by atoms with E-state index in [-0.39, 0.29) is 18.5 Å². The van der Waals surface area contributed by atoms with Gasteiger partial charge in [-0.3, -0.25) is 9.59 Å². The smallest absolute Gasteiger partial charge is 0.306 e. The molecule has 1 atom stereocenters. The predicted octanol–water partition coefficient (Wildman–Crippen LogP) is 10.5. The zero-order chi connectivity index (χ0) is 27.2. The number of esters is 1. The van der Waals surface area contributed by atoms with Gasteiger partial charge in [-0.2, -0.15) is 0 Å². The molecule has 0 saturated heterocycles. The Morgan fingerprint density at radius 1 is 0.622 bits per heavy atom. The summed E-state index contributed by atoms with van der Waals surface area (Å²) in [5, 5.41) is 8.78. The minimum atomic E-state index is -0.726. The zero-order valence-electron chi connectivity index (χ0n) is 24.5. The molecule has 1 unspecified atom stereocenters. The van der Waals surface area contributed by atoms with Crippen molar-refractivity contribution in [3.63, 3.8) is 0 Å². The minimum absolute atomic E-state index is 0.0806. The van der Waals surface area contributed by atoms with Crippen LogP contribution >= 0.6 is 0 Å². The van der Waals surface area contributed by atoms with Crippen LogP contribution in [0, 0.1) is 0 Å². The summed E-state index contributed by atoms with van der Waals surface area (Å²) in [6.07, 6.45) is 34.8. The van der Waals surface area contributed by atoms with Crippen molar-refractivity contribution in [1.29, 1.82) is 0 Å². The molecule has 216 valence electrons. The Bertz CT molecular complexity index is 567. The van der Waals surface area contributed by atoms with E-state index in [9.17, 15) is 9.59 Å². The maximum atomic E-state index is 12.4. The molecule has 0 radical (unpaired) electrons. The molecule has 0 fully saturated rings. The minimum Gasteiger partial charge on any atom is -0.481 e. The summed E-state index contributed by atoms with van der Waals surface area (Å²) in [4.78, 5) is 23.1. The molecule has 0 spiro atoms. The molecule has 1 N–H and O–H groups in total. The summed E-state index contributed by atoms with van der Waals surface area (Å²) in [5.74, 6) is -0.807. The normalized spacial score (nSPS) is 12.5. The first-order chi connectivity index (χ1) is 18.1. The molecule has 0 aromatic carbocycles. The molecule has 0 aromatic rings. The van der Waals surface area contributed by atoms with Gasteiger partial charge in [0.1, 0.15) is 6.10 Å². The number of ether oxygens (including phenoxy) is 1. The van der Waals surface area contributed by atoms with E-state index in [1.807, 2.05) is 0 Å². The largest absolute Gasteiger partial charge is 0.481 e. The summed E-state index contributed by atoms with van der Waals surface area (Å²) in [6.45, 7) is 4.49. The Kier molecular flexibility index (Phi) is 27.7. The number of hydrogen-bond donors (Lipinski definition) is 1. The Labute approximate surface area is 229 Å². The molecule has 0 saturated carbocycles. The van der Waals surface area contributed by atoms with E-state index in [1.54, 1.807) is 0 Å². The van der Waals surface area contributed by atoms with Crippen LogP contribution in [0.15, 0.2) is 24.3 Å². The number of rotatable bonds is 28. The van der Waals surface area contributed by atoms with Crippen molar-refractivity contribution >= 4 is 11.9 Å². The highest BCUT2D eigenvalue weighted by molar-refractivity contribution is 5.69. The van der Waals surface area contributed by atoms with Crippen molar-refractivity contribution in [2.45, 2.75) is 174 Å². The Hall–Kier alpha value is -1.58. The molecule has 4 heteroatoms. The van der Waals surface area contributed by atoms with Gasteiger partial charge < -0.3 is 9.84 Å². The molecule has 0 amide bonds. The van der Waals surface area contributed by atoms with Crippen molar-refractivity contribution in [1.82, 2.24) is 0 Å². The number of carboxylic acid groups (broad SMARTS) is 1. The molecule has 0 aliphatic heterocycles. The van der Waals surface area contributed by atoms with E-state index >= 15 is 0 Å². The molecule has 4 nitrogen and oxygen atoms in total. The lowest BCUT2D eigenvalue weighted by Gasteiger charge is -2.14. The number of unbranched alkanes of at least 4 members (excludes halogenated alkanes) is 17. The molecular weight excluding hydrogens is 460 g/mol. The second kappa shape index (κ2) is 29.0. The molecule has 0 aliphatic rings. The van der Waals surface area contributed by atoms with Gasteiger partial charge in [-0.15, -0.1) is 0 Å². The van der Waals surface area contributed by atoms with Gasteiger partial charge in [0.05, 0.1) is 0 Å². The highest BCUT2D eigenvalue weighted by Crippen LogP contribution is 2.15. The summed E-state index contributed by atoms with van der Waals surface area (Å²) in [7, 11) is 0. The molecule has 0 heterocycles. The highest BCUT2D eigenvalue weighted by Gasteiger charge is 2.11. The van der Waals surface area contributed by atoms with Crippen LogP contribution in [0.4, 0.5) is 0 Å². The van der Waals surface area contributed by atoms with Gasteiger partial charge in [0.15, 0.2) is 0 Å². The second-order valence-corrected chi connectivity index (χ2v) is 10.6. The average Bonchev–Trinajstić information content (AvgIpc) is 2.87. The van der Waals surface area contributed by atoms with Crippen LogP contribution in [0.25, 0.3) is 0 Å². The fourth-order valence-corrected chi connectivity index (χ4v) is 4.54. The van der Waals surface area contributed by atoms with Gasteiger partial charge in [0, 0.05) is 12.8 Å². The monoisotopic (exact) mass is 520 g/mol. The quantitative estimate of drug-likeness (QED) is 0.0633.